The van der Waals surface area contributed by atoms with Crippen molar-refractivity contribution in [3.05, 3.63) is 59.3 Å². The van der Waals surface area contributed by atoms with Gasteiger partial charge in [-0.05, 0) is 37.1 Å². The normalized spacial score (nSPS) is 11.9. The number of hydrogen-bond acceptors (Lipinski definition) is 9. The molecular weight excluding hydrogens is 488 g/mol. The Labute approximate surface area is 210 Å². The summed E-state index contributed by atoms with van der Waals surface area (Å²) in [5.41, 5.74) is -0.101. The van der Waals surface area contributed by atoms with Crippen LogP contribution in [0.5, 0.6) is 11.5 Å². The number of benzene rings is 2. The van der Waals surface area contributed by atoms with E-state index in [1.807, 2.05) is 30.3 Å². The third-order valence-corrected chi connectivity index (χ3v) is 7.98. The maximum absolute atomic E-state index is 13.4. The van der Waals surface area contributed by atoms with Gasteiger partial charge in [0.15, 0.2) is 5.43 Å². The lowest BCUT2D eigenvalue weighted by molar-refractivity contribution is -0.340. The van der Waals surface area contributed by atoms with E-state index >= 15 is 0 Å². The van der Waals surface area contributed by atoms with E-state index in [0.717, 1.165) is 15.5 Å². The lowest BCUT2D eigenvalue weighted by Crippen LogP contribution is -2.37. The number of fused-ring (bicyclic) bond motifs is 2. The molecule has 10 heteroatoms. The average Bonchev–Trinajstić information content (AvgIpc) is 2.89. The van der Waals surface area contributed by atoms with Gasteiger partial charge in [0.1, 0.15) is 11.5 Å². The predicted molar refractivity (Wildman–Crippen MR) is 139 cm³/mol. The molecule has 0 aliphatic heterocycles. The summed E-state index contributed by atoms with van der Waals surface area (Å²) in [4.78, 5) is 24.6. The summed E-state index contributed by atoms with van der Waals surface area (Å²) in [6, 6.07) is 11.5. The van der Waals surface area contributed by atoms with Crippen molar-refractivity contribution in [2.24, 2.45) is 0 Å². The molecule has 0 saturated carbocycles. The Morgan fingerprint density at radius 1 is 1.03 bits per heavy atom. The van der Waals surface area contributed by atoms with Gasteiger partial charge in [0.25, 0.3) is 5.97 Å². The van der Waals surface area contributed by atoms with Crippen LogP contribution in [0.1, 0.15) is 12.8 Å². The lowest BCUT2D eigenvalue weighted by atomic mass is 10.1. The third-order valence-electron chi connectivity index (χ3n) is 5.46. The molecule has 0 radical (unpaired) electrons. The van der Waals surface area contributed by atoms with E-state index in [-0.39, 0.29) is 12.0 Å². The summed E-state index contributed by atoms with van der Waals surface area (Å²) in [5, 5.41) is 1.13. The van der Waals surface area contributed by atoms with Gasteiger partial charge in [0, 0.05) is 37.5 Å². The van der Waals surface area contributed by atoms with E-state index < -0.39 is 21.7 Å². The van der Waals surface area contributed by atoms with Gasteiger partial charge in [-0.2, -0.15) is 0 Å². The molecule has 0 fully saturated rings. The lowest BCUT2D eigenvalue weighted by Gasteiger charge is -2.28. The van der Waals surface area contributed by atoms with Crippen LogP contribution in [-0.2, 0) is 23.7 Å². The second-order valence-electron chi connectivity index (χ2n) is 7.51. The molecule has 0 aliphatic carbocycles. The Balaban J connectivity index is 1.84. The first-order valence-electron chi connectivity index (χ1n) is 11.2. The predicted octanol–water partition coefficient (Wildman–Crippen LogP) is 3.78. The van der Waals surface area contributed by atoms with Crippen LogP contribution in [0.25, 0.3) is 20.2 Å². The first-order valence-corrected chi connectivity index (χ1v) is 13.6. The molecule has 0 amide bonds. The molecule has 0 aliphatic rings. The number of rotatable bonds is 14. The number of carbonyl (C=O) groups is 1. The summed E-state index contributed by atoms with van der Waals surface area (Å²) in [6.07, 6.45) is 2.44. The highest BCUT2D eigenvalue weighted by molar-refractivity contribution is 7.25. The van der Waals surface area contributed by atoms with Gasteiger partial charge in [-0.25, -0.2) is 4.79 Å². The van der Waals surface area contributed by atoms with Gasteiger partial charge in [-0.1, -0.05) is 18.7 Å². The van der Waals surface area contributed by atoms with Crippen LogP contribution >= 0.6 is 11.3 Å². The zero-order valence-corrected chi connectivity index (χ0v) is 22.4. The standard InChI is InChI=1S/C25H30O8SSi/c1-5-21(26)32-15-9-8-14-31-18-12-13-19(33-35-16-25(28-2,29-3)30-4)24-22(18)23(27)17-10-6-7-11-20(17)34-24/h5-7,10-13H,1,8-9,14-16,35H2,2-4H3. The van der Waals surface area contributed by atoms with Crippen molar-refractivity contribution in [2.75, 3.05) is 34.5 Å². The fraction of sp³-hybridized carbons (Fsp3) is 0.360. The number of esters is 1. The summed E-state index contributed by atoms with van der Waals surface area (Å²) < 4.78 is 34.8. The van der Waals surface area contributed by atoms with Crippen molar-refractivity contribution in [3.8, 4) is 11.5 Å². The zero-order chi connectivity index (χ0) is 25.3. The van der Waals surface area contributed by atoms with Crippen molar-refractivity contribution < 1.29 is 32.9 Å². The molecular formula is C25H30O8SSi. The van der Waals surface area contributed by atoms with Crippen LogP contribution in [0.2, 0.25) is 6.04 Å². The fourth-order valence-corrected chi connectivity index (χ4v) is 6.23. The highest BCUT2D eigenvalue weighted by atomic mass is 32.1. The summed E-state index contributed by atoms with van der Waals surface area (Å²) in [7, 11) is 3.37. The molecule has 0 bridgehead atoms. The highest BCUT2D eigenvalue weighted by Crippen LogP contribution is 2.37. The van der Waals surface area contributed by atoms with Gasteiger partial charge >= 0.3 is 5.97 Å². The molecule has 0 N–H and O–H groups in total. The van der Waals surface area contributed by atoms with Gasteiger partial charge in [0.05, 0.1) is 29.3 Å². The minimum absolute atomic E-state index is 0.101. The van der Waals surface area contributed by atoms with E-state index in [4.69, 9.17) is 28.1 Å². The minimum atomic E-state index is -1.18. The van der Waals surface area contributed by atoms with Crippen LogP contribution < -0.4 is 14.6 Å². The van der Waals surface area contributed by atoms with E-state index in [1.165, 1.54) is 32.7 Å². The average molecular weight is 519 g/mol. The number of methoxy groups -OCH3 is 3. The summed E-state index contributed by atoms with van der Waals surface area (Å²) >= 11 is 1.49. The van der Waals surface area contributed by atoms with E-state index in [9.17, 15) is 9.59 Å². The maximum Gasteiger partial charge on any atom is 0.330 e. The van der Waals surface area contributed by atoms with Crippen LogP contribution in [0.3, 0.4) is 0 Å². The molecule has 0 atom stereocenters. The Hall–Kier alpha value is -2.76. The minimum Gasteiger partial charge on any atom is -0.548 e. The van der Waals surface area contributed by atoms with Crippen LogP contribution in [-0.4, -0.2) is 56.2 Å². The molecule has 1 heterocycles. The Kier molecular flexibility index (Phi) is 9.81. The molecule has 35 heavy (non-hydrogen) atoms. The molecule has 3 aromatic rings. The van der Waals surface area contributed by atoms with Crippen molar-refractivity contribution in [1.82, 2.24) is 0 Å². The van der Waals surface area contributed by atoms with Crippen molar-refractivity contribution in [1.29, 1.82) is 0 Å². The topological polar surface area (TPSA) is 89.5 Å². The quantitative estimate of drug-likeness (QED) is 0.0796. The molecule has 2 aromatic carbocycles. The van der Waals surface area contributed by atoms with Gasteiger partial charge in [0.2, 0.25) is 9.76 Å². The monoisotopic (exact) mass is 518 g/mol. The first kappa shape index (κ1) is 26.8. The fourth-order valence-electron chi connectivity index (χ4n) is 3.54. The molecule has 8 nitrogen and oxygen atoms in total. The smallest absolute Gasteiger partial charge is 0.330 e. The second kappa shape index (κ2) is 12.8. The van der Waals surface area contributed by atoms with Gasteiger partial charge in [-0.3, -0.25) is 4.79 Å². The Morgan fingerprint density at radius 3 is 2.43 bits per heavy atom. The van der Waals surface area contributed by atoms with Crippen LogP contribution in [0.4, 0.5) is 0 Å². The molecule has 0 spiro atoms. The zero-order valence-electron chi connectivity index (χ0n) is 20.2. The number of hydrogen-bond donors (Lipinski definition) is 0. The number of carbonyl (C=O) groups excluding carboxylic acids is 1. The van der Waals surface area contributed by atoms with Crippen LogP contribution in [0, 0.1) is 0 Å². The second-order valence-corrected chi connectivity index (χ2v) is 9.76. The number of ether oxygens (including phenoxy) is 5. The SMILES string of the molecule is C=CC(=O)OCCCCOc1ccc(O[SiH2]CC(OC)(OC)OC)c2sc3ccccc3c(=O)c12. The molecule has 188 valence electrons. The van der Waals surface area contributed by atoms with Crippen molar-refractivity contribution in [2.45, 2.75) is 24.9 Å². The number of unbranched alkanes of at least 4 members (excludes halogenated alkanes) is 1. The van der Waals surface area contributed by atoms with Crippen molar-refractivity contribution >= 4 is 47.2 Å². The first-order chi connectivity index (χ1) is 17.0. The van der Waals surface area contributed by atoms with E-state index in [1.54, 1.807) is 6.07 Å². The van der Waals surface area contributed by atoms with Crippen LogP contribution in [0.15, 0.2) is 53.8 Å². The molecule has 1 aromatic heterocycles. The van der Waals surface area contributed by atoms with E-state index in [2.05, 4.69) is 6.58 Å². The largest absolute Gasteiger partial charge is 0.548 e. The van der Waals surface area contributed by atoms with Gasteiger partial charge < -0.3 is 28.1 Å². The Morgan fingerprint density at radius 2 is 1.71 bits per heavy atom. The molecule has 3 rings (SSSR count). The third kappa shape index (κ3) is 6.47. The van der Waals surface area contributed by atoms with Gasteiger partial charge in [-0.15, -0.1) is 11.3 Å². The van der Waals surface area contributed by atoms with Crippen molar-refractivity contribution in [3.63, 3.8) is 0 Å². The summed E-state index contributed by atoms with van der Waals surface area (Å²) in [5.74, 6) is -0.464. The van der Waals surface area contributed by atoms with E-state index in [0.29, 0.717) is 47.8 Å². The summed E-state index contributed by atoms with van der Waals surface area (Å²) in [6.45, 7) is 4.04. The Bertz CT molecular complexity index is 1210. The molecule has 0 unspecified atom stereocenters. The highest BCUT2D eigenvalue weighted by Gasteiger charge is 2.30. The maximum atomic E-state index is 13.4. The molecule has 0 saturated heterocycles.